The molecule has 1 N–H and O–H groups in total. The van der Waals surface area contributed by atoms with Crippen LogP contribution in [0.5, 0.6) is 0 Å². The number of nitrogens with zero attached hydrogens (tertiary/aromatic N) is 3. The zero-order valence-corrected chi connectivity index (χ0v) is 12.1. The van der Waals surface area contributed by atoms with E-state index >= 15 is 0 Å². The van der Waals surface area contributed by atoms with Crippen molar-refractivity contribution in [3.05, 3.63) is 59.0 Å². The number of nitrogens with one attached hydrogen (secondary N) is 1. The standard InChI is InChI=1S/C14H8ClF3N4O/c15-10-3-2-8(6-9(10)14(16,17)18)20-13(23)11-7-12-19-4-1-5-22(12)21-11/h1-7H,(H,20,23). The number of amides is 1. The molecule has 9 heteroatoms. The van der Waals surface area contributed by atoms with Crippen molar-refractivity contribution in [1.82, 2.24) is 14.6 Å². The number of aromatic nitrogens is 3. The van der Waals surface area contributed by atoms with E-state index in [0.29, 0.717) is 5.65 Å². The molecule has 0 unspecified atom stereocenters. The summed E-state index contributed by atoms with van der Waals surface area (Å²) in [6, 6.07) is 6.19. The van der Waals surface area contributed by atoms with E-state index in [1.54, 1.807) is 12.3 Å². The van der Waals surface area contributed by atoms with Gasteiger partial charge in [-0.3, -0.25) is 4.79 Å². The highest BCUT2D eigenvalue weighted by atomic mass is 35.5. The SMILES string of the molecule is O=C(Nc1ccc(Cl)c(C(F)(F)F)c1)c1cc2ncccn2n1. The molecule has 1 aromatic carbocycles. The van der Waals surface area contributed by atoms with Crippen molar-refractivity contribution in [2.75, 3.05) is 5.32 Å². The number of hydrogen-bond acceptors (Lipinski definition) is 3. The van der Waals surface area contributed by atoms with Gasteiger partial charge in [-0.25, -0.2) is 9.50 Å². The Kier molecular flexibility index (Phi) is 3.69. The Morgan fingerprint density at radius 1 is 1.26 bits per heavy atom. The van der Waals surface area contributed by atoms with E-state index in [9.17, 15) is 18.0 Å². The molecule has 5 nitrogen and oxygen atoms in total. The van der Waals surface area contributed by atoms with Gasteiger partial charge in [0.2, 0.25) is 0 Å². The van der Waals surface area contributed by atoms with Gasteiger partial charge in [0.25, 0.3) is 5.91 Å². The van der Waals surface area contributed by atoms with Crippen LogP contribution in [0.3, 0.4) is 0 Å². The fourth-order valence-corrected chi connectivity index (χ4v) is 2.18. The van der Waals surface area contributed by atoms with Crippen LogP contribution in [0.2, 0.25) is 5.02 Å². The molecule has 0 aliphatic rings. The Hall–Kier alpha value is -2.61. The van der Waals surface area contributed by atoms with Gasteiger partial charge in [-0.15, -0.1) is 0 Å². The minimum atomic E-state index is -4.61. The van der Waals surface area contributed by atoms with E-state index in [2.05, 4.69) is 15.4 Å². The zero-order valence-electron chi connectivity index (χ0n) is 11.3. The molecule has 0 saturated heterocycles. The maximum atomic E-state index is 12.8. The predicted molar refractivity (Wildman–Crippen MR) is 77.4 cm³/mol. The van der Waals surface area contributed by atoms with Crippen LogP contribution in [-0.2, 0) is 6.18 Å². The monoisotopic (exact) mass is 340 g/mol. The first-order valence-electron chi connectivity index (χ1n) is 6.33. The van der Waals surface area contributed by atoms with E-state index < -0.39 is 22.7 Å². The van der Waals surface area contributed by atoms with E-state index in [0.717, 1.165) is 12.1 Å². The molecule has 1 amide bonds. The number of halogens is 4. The lowest BCUT2D eigenvalue weighted by Gasteiger charge is -2.11. The smallest absolute Gasteiger partial charge is 0.321 e. The van der Waals surface area contributed by atoms with Crippen molar-refractivity contribution in [1.29, 1.82) is 0 Å². The second kappa shape index (κ2) is 5.54. The summed E-state index contributed by atoms with van der Waals surface area (Å²) in [5.74, 6) is -0.647. The number of fused-ring (bicyclic) bond motifs is 1. The second-order valence-corrected chi connectivity index (χ2v) is 5.01. The Balaban J connectivity index is 1.88. The van der Waals surface area contributed by atoms with Gasteiger partial charge in [0.1, 0.15) is 0 Å². The largest absolute Gasteiger partial charge is 0.417 e. The summed E-state index contributed by atoms with van der Waals surface area (Å²) >= 11 is 5.53. The summed E-state index contributed by atoms with van der Waals surface area (Å²) in [4.78, 5) is 16.1. The van der Waals surface area contributed by atoms with Crippen molar-refractivity contribution in [3.8, 4) is 0 Å². The van der Waals surface area contributed by atoms with E-state index in [1.807, 2.05) is 0 Å². The highest BCUT2D eigenvalue weighted by molar-refractivity contribution is 6.31. The summed E-state index contributed by atoms with van der Waals surface area (Å²) in [5, 5.41) is 5.91. The Bertz CT molecular complexity index is 858. The maximum Gasteiger partial charge on any atom is 0.417 e. The van der Waals surface area contributed by atoms with Crippen LogP contribution in [0, 0.1) is 0 Å². The van der Waals surface area contributed by atoms with Crippen LogP contribution in [0.1, 0.15) is 16.1 Å². The quantitative estimate of drug-likeness (QED) is 0.774. The average Bonchev–Trinajstić information content (AvgIpc) is 2.92. The van der Waals surface area contributed by atoms with Gasteiger partial charge in [0.05, 0.1) is 10.6 Å². The zero-order chi connectivity index (χ0) is 16.6. The predicted octanol–water partition coefficient (Wildman–Crippen LogP) is 3.65. The Morgan fingerprint density at radius 3 is 2.74 bits per heavy atom. The minimum Gasteiger partial charge on any atom is -0.321 e. The third-order valence-electron chi connectivity index (χ3n) is 3.00. The van der Waals surface area contributed by atoms with Gasteiger partial charge in [-0.2, -0.15) is 18.3 Å². The number of alkyl halides is 3. The van der Waals surface area contributed by atoms with Crippen molar-refractivity contribution < 1.29 is 18.0 Å². The molecule has 2 heterocycles. The van der Waals surface area contributed by atoms with Crippen molar-refractivity contribution in [2.24, 2.45) is 0 Å². The van der Waals surface area contributed by atoms with Crippen LogP contribution in [0.15, 0.2) is 42.7 Å². The fraction of sp³-hybridized carbons (Fsp3) is 0.0714. The minimum absolute atomic E-state index is 0.0308. The number of benzene rings is 1. The summed E-state index contributed by atoms with van der Waals surface area (Å²) in [6.07, 6.45) is -1.47. The third kappa shape index (κ3) is 3.11. The van der Waals surface area contributed by atoms with Gasteiger partial charge in [0, 0.05) is 24.1 Å². The van der Waals surface area contributed by atoms with Gasteiger partial charge >= 0.3 is 6.18 Å². The molecule has 0 spiro atoms. The first-order chi connectivity index (χ1) is 10.8. The number of carbonyl (C=O) groups excluding carboxylic acids is 1. The molecule has 0 atom stereocenters. The summed E-state index contributed by atoms with van der Waals surface area (Å²) in [5.41, 5.74) is -0.567. The molecule has 0 fully saturated rings. The Labute approximate surface area is 132 Å². The molecular formula is C14H8ClF3N4O. The van der Waals surface area contributed by atoms with Gasteiger partial charge in [0.15, 0.2) is 11.3 Å². The van der Waals surface area contributed by atoms with Crippen LogP contribution < -0.4 is 5.32 Å². The second-order valence-electron chi connectivity index (χ2n) is 4.60. The summed E-state index contributed by atoms with van der Waals surface area (Å²) in [6.45, 7) is 0. The van der Waals surface area contributed by atoms with Crippen molar-refractivity contribution in [3.63, 3.8) is 0 Å². The molecular weight excluding hydrogens is 333 g/mol. The first kappa shape index (κ1) is 15.3. The molecule has 0 saturated carbocycles. The van der Waals surface area contributed by atoms with Crippen LogP contribution >= 0.6 is 11.6 Å². The van der Waals surface area contributed by atoms with Crippen molar-refractivity contribution in [2.45, 2.75) is 6.18 Å². The molecule has 0 bridgehead atoms. The first-order valence-corrected chi connectivity index (χ1v) is 6.71. The number of carbonyl (C=O) groups is 1. The van der Waals surface area contributed by atoms with E-state index in [1.165, 1.54) is 22.8 Å². The summed E-state index contributed by atoms with van der Waals surface area (Å²) < 4.78 is 39.8. The normalized spacial score (nSPS) is 11.7. The average molecular weight is 341 g/mol. The van der Waals surface area contributed by atoms with Gasteiger partial charge in [-0.05, 0) is 24.3 Å². The molecule has 0 aliphatic carbocycles. The fourth-order valence-electron chi connectivity index (χ4n) is 1.96. The number of rotatable bonds is 2. The molecule has 0 aliphatic heterocycles. The highest BCUT2D eigenvalue weighted by Crippen LogP contribution is 2.36. The maximum absolute atomic E-state index is 12.8. The Morgan fingerprint density at radius 2 is 2.04 bits per heavy atom. The number of anilines is 1. The van der Waals surface area contributed by atoms with Gasteiger partial charge in [-0.1, -0.05) is 11.6 Å². The molecule has 3 aromatic rings. The van der Waals surface area contributed by atoms with Gasteiger partial charge < -0.3 is 5.32 Å². The lowest BCUT2D eigenvalue weighted by molar-refractivity contribution is -0.137. The summed E-state index contributed by atoms with van der Waals surface area (Å²) in [7, 11) is 0. The topological polar surface area (TPSA) is 59.3 Å². The molecule has 3 rings (SSSR count). The van der Waals surface area contributed by atoms with Crippen LogP contribution in [-0.4, -0.2) is 20.5 Å². The lowest BCUT2D eigenvalue weighted by Crippen LogP contribution is -2.14. The van der Waals surface area contributed by atoms with E-state index in [-0.39, 0.29) is 11.4 Å². The van der Waals surface area contributed by atoms with Crippen molar-refractivity contribution >= 4 is 28.8 Å². The lowest BCUT2D eigenvalue weighted by atomic mass is 10.2. The molecule has 23 heavy (non-hydrogen) atoms. The van der Waals surface area contributed by atoms with Crippen LogP contribution in [0.4, 0.5) is 18.9 Å². The van der Waals surface area contributed by atoms with E-state index in [4.69, 9.17) is 11.6 Å². The van der Waals surface area contributed by atoms with Crippen LogP contribution in [0.25, 0.3) is 5.65 Å². The molecule has 2 aromatic heterocycles. The highest BCUT2D eigenvalue weighted by Gasteiger charge is 2.33. The molecule has 0 radical (unpaired) electrons. The third-order valence-corrected chi connectivity index (χ3v) is 3.33. The molecule has 118 valence electrons. The number of hydrogen-bond donors (Lipinski definition) is 1.